The molecule has 0 unspecified atom stereocenters. The van der Waals surface area contributed by atoms with Gasteiger partial charge in [0.05, 0.1) is 0 Å². The van der Waals surface area contributed by atoms with Crippen LogP contribution < -0.4 is 0 Å². The molecule has 0 aromatic heterocycles. The van der Waals surface area contributed by atoms with E-state index in [1.54, 1.807) is 0 Å². The topological polar surface area (TPSA) is 0 Å². The summed E-state index contributed by atoms with van der Waals surface area (Å²) >= 11 is 0.569. The molecule has 0 aromatic rings. The Hall–Kier alpha value is 1.07. The molecule has 0 saturated heterocycles. The normalized spacial score (nSPS) is 8.44. The van der Waals surface area contributed by atoms with E-state index in [4.69, 9.17) is 20.4 Å². The summed E-state index contributed by atoms with van der Waals surface area (Å²) in [4.78, 5) is 0. The molecule has 0 radical (unpaired) electrons. The molecule has 0 heterocycles. The number of hydrogen-bond donors (Lipinski definition) is 0. The predicted octanol–water partition coefficient (Wildman–Crippen LogP) is 3.78. The average Bonchev–Trinajstić information content (AvgIpc) is 1.86. The van der Waals surface area contributed by atoms with Crippen molar-refractivity contribution < 1.29 is 12.7 Å². The van der Waals surface area contributed by atoms with E-state index in [0.29, 0.717) is 12.7 Å². The summed E-state index contributed by atoms with van der Waals surface area (Å²) in [6.45, 7) is 5.93. The second-order valence-electron chi connectivity index (χ2n) is 1.61. The molecule has 0 fully saturated rings. The predicted molar refractivity (Wildman–Crippen MR) is 41.2 cm³/mol. The summed E-state index contributed by atoms with van der Waals surface area (Å²) in [5.41, 5.74) is 0. The van der Waals surface area contributed by atoms with Crippen LogP contribution in [-0.4, -0.2) is 0 Å². The molecule has 0 nitrogen and oxygen atoms in total. The van der Waals surface area contributed by atoms with Gasteiger partial charge < -0.3 is 6.92 Å². The van der Waals surface area contributed by atoms with Crippen molar-refractivity contribution in [1.82, 2.24) is 0 Å². The molecular weight excluding hydrogens is 202 g/mol. The molecule has 9 heavy (non-hydrogen) atoms. The van der Waals surface area contributed by atoms with Gasteiger partial charge in [-0.3, -0.25) is 0 Å². The van der Waals surface area contributed by atoms with Crippen LogP contribution in [0, 0.1) is 6.92 Å². The summed E-state index contributed by atoms with van der Waals surface area (Å²) in [6, 6.07) is 0. The monoisotopic (exact) mass is 213 g/mol. The fourth-order valence-corrected chi connectivity index (χ4v) is 0.427. The summed E-state index contributed by atoms with van der Waals surface area (Å²) in [5.74, 6) is 0. The van der Waals surface area contributed by atoms with E-state index in [1.807, 2.05) is 0 Å². The summed E-state index contributed by atoms with van der Waals surface area (Å²) in [7, 11) is 9.40. The number of unbranched alkanes of at least 4 members (excludes halogenated alkanes) is 3. The first-order valence-electron chi connectivity index (χ1n) is 2.95. The van der Waals surface area contributed by atoms with Gasteiger partial charge in [0.25, 0.3) is 0 Å². The van der Waals surface area contributed by atoms with E-state index in [2.05, 4.69) is 13.8 Å². The Balaban J connectivity index is 0. The third-order valence-electron chi connectivity index (χ3n) is 0.854. The maximum atomic E-state index is 4.70. The third-order valence-corrected chi connectivity index (χ3v) is 0.854. The van der Waals surface area contributed by atoms with Crippen LogP contribution in [0.25, 0.3) is 0 Å². The first-order valence-corrected chi connectivity index (χ1v) is 5.66. The Bertz CT molecular complexity index is 30.2. The number of rotatable bonds is 3. The van der Waals surface area contributed by atoms with Gasteiger partial charge in [-0.15, -0.1) is 0 Å². The number of hydrogen-bond acceptors (Lipinski definition) is 0. The van der Waals surface area contributed by atoms with Crippen LogP contribution in [-0.2, 0) is 12.7 Å². The van der Waals surface area contributed by atoms with Crippen molar-refractivity contribution in [2.45, 2.75) is 32.6 Å². The van der Waals surface area contributed by atoms with Crippen LogP contribution in [0.2, 0.25) is 0 Å². The molecule has 3 heteroatoms. The van der Waals surface area contributed by atoms with Gasteiger partial charge in [0.1, 0.15) is 0 Å². The molecule has 0 saturated carbocycles. The molecular formula is C6H13Cl2Ni. The van der Waals surface area contributed by atoms with Crippen LogP contribution in [0.15, 0.2) is 0 Å². The molecule has 0 aliphatic heterocycles. The Labute approximate surface area is 72.7 Å². The Morgan fingerprint density at radius 3 is 1.89 bits per heavy atom. The SMILES string of the molecule is [CH2-]CCCCC.[Cl][Ni+][Cl]. The second kappa shape index (κ2) is 16.0. The van der Waals surface area contributed by atoms with Crippen molar-refractivity contribution in [2.75, 3.05) is 0 Å². The van der Waals surface area contributed by atoms with E-state index in [1.165, 1.54) is 19.3 Å². The zero-order valence-electron chi connectivity index (χ0n) is 5.61. The van der Waals surface area contributed by atoms with E-state index in [9.17, 15) is 0 Å². The molecule has 0 atom stereocenters. The van der Waals surface area contributed by atoms with Gasteiger partial charge in [-0.25, -0.2) is 0 Å². The van der Waals surface area contributed by atoms with Gasteiger partial charge >= 0.3 is 33.0 Å². The van der Waals surface area contributed by atoms with Crippen LogP contribution in [0.3, 0.4) is 0 Å². The Morgan fingerprint density at radius 2 is 1.78 bits per heavy atom. The molecule has 0 aliphatic carbocycles. The van der Waals surface area contributed by atoms with Gasteiger partial charge in [-0.2, -0.15) is 6.42 Å². The van der Waals surface area contributed by atoms with Crippen molar-refractivity contribution in [3.63, 3.8) is 0 Å². The van der Waals surface area contributed by atoms with Gasteiger partial charge in [0, 0.05) is 0 Å². The standard InChI is InChI=1S/C6H13.2ClH.Ni/c1-3-5-6-4-2;;;/h1,3-6H2,2H3;2*1H;/q-1;;;+3/p-2. The zero-order valence-corrected chi connectivity index (χ0v) is 8.11. The molecule has 0 rings (SSSR count). The third kappa shape index (κ3) is 27.4. The van der Waals surface area contributed by atoms with E-state index < -0.39 is 0 Å². The van der Waals surface area contributed by atoms with E-state index in [0.717, 1.165) is 6.42 Å². The van der Waals surface area contributed by atoms with Crippen molar-refractivity contribution in [1.29, 1.82) is 0 Å². The average molecular weight is 215 g/mol. The fourth-order valence-electron chi connectivity index (χ4n) is 0.427. The minimum absolute atomic E-state index is 0.569. The number of halogens is 2. The van der Waals surface area contributed by atoms with Gasteiger partial charge in [0.15, 0.2) is 0 Å². The Morgan fingerprint density at radius 1 is 1.33 bits per heavy atom. The molecule has 0 amide bonds. The van der Waals surface area contributed by atoms with E-state index >= 15 is 0 Å². The van der Waals surface area contributed by atoms with Crippen LogP contribution in [0.1, 0.15) is 32.6 Å². The molecule has 0 N–H and O–H groups in total. The molecule has 61 valence electrons. The second-order valence-corrected chi connectivity index (χ2v) is 3.24. The van der Waals surface area contributed by atoms with Gasteiger partial charge in [0.2, 0.25) is 0 Å². The van der Waals surface area contributed by atoms with Crippen LogP contribution >= 0.6 is 20.4 Å². The quantitative estimate of drug-likeness (QED) is 0.381. The minimum atomic E-state index is 0.569. The van der Waals surface area contributed by atoms with Crippen molar-refractivity contribution in [3.05, 3.63) is 6.92 Å². The van der Waals surface area contributed by atoms with E-state index in [-0.39, 0.29) is 0 Å². The van der Waals surface area contributed by atoms with Crippen molar-refractivity contribution >= 4 is 20.4 Å². The van der Waals surface area contributed by atoms with Crippen molar-refractivity contribution in [3.8, 4) is 0 Å². The van der Waals surface area contributed by atoms with Gasteiger partial charge in [-0.05, 0) is 0 Å². The molecule has 0 bridgehead atoms. The van der Waals surface area contributed by atoms with Crippen LogP contribution in [0.4, 0.5) is 0 Å². The molecule has 0 spiro atoms. The fraction of sp³-hybridized carbons (Fsp3) is 0.833. The first-order chi connectivity index (χ1) is 4.33. The zero-order chi connectivity index (χ0) is 7.54. The summed E-state index contributed by atoms with van der Waals surface area (Å²) in [5, 5.41) is 0. The maximum absolute atomic E-state index is 4.70. The molecule has 0 aliphatic rings. The summed E-state index contributed by atoms with van der Waals surface area (Å²) < 4.78 is 0. The van der Waals surface area contributed by atoms with Gasteiger partial charge in [-0.1, -0.05) is 26.2 Å². The summed E-state index contributed by atoms with van der Waals surface area (Å²) in [6.07, 6.45) is 5.07. The first kappa shape index (κ1) is 12.7. The molecule has 0 aromatic carbocycles. The van der Waals surface area contributed by atoms with Crippen molar-refractivity contribution in [2.24, 2.45) is 0 Å². The Kier molecular flexibility index (Phi) is 22.7. The van der Waals surface area contributed by atoms with Crippen LogP contribution in [0.5, 0.6) is 0 Å².